The third-order valence-electron chi connectivity index (χ3n) is 6.47. The Morgan fingerprint density at radius 2 is 1.30 bits per heavy atom. The molecule has 33 heavy (non-hydrogen) atoms. The van der Waals surface area contributed by atoms with Gasteiger partial charge in [-0.1, -0.05) is 91.0 Å². The van der Waals surface area contributed by atoms with E-state index in [9.17, 15) is 4.79 Å². The van der Waals surface area contributed by atoms with E-state index in [1.165, 1.54) is 16.5 Å². The summed E-state index contributed by atoms with van der Waals surface area (Å²) in [4.78, 5) is 15.2. The monoisotopic (exact) mass is 435 g/mol. The molecule has 0 radical (unpaired) electrons. The smallest absolute Gasteiger partial charge is 0.319 e. The molecule has 0 aromatic heterocycles. The molecule has 166 valence electrons. The van der Waals surface area contributed by atoms with Crippen molar-refractivity contribution >= 4 is 22.5 Å². The van der Waals surface area contributed by atoms with Gasteiger partial charge in [0.15, 0.2) is 0 Å². The molecular weight excluding hydrogens is 406 g/mol. The second-order valence-corrected chi connectivity index (χ2v) is 8.69. The predicted molar refractivity (Wildman–Crippen MR) is 135 cm³/mol. The molecule has 4 nitrogen and oxygen atoms in total. The van der Waals surface area contributed by atoms with E-state index in [-0.39, 0.29) is 18.1 Å². The van der Waals surface area contributed by atoms with E-state index in [0.29, 0.717) is 0 Å². The lowest BCUT2D eigenvalue weighted by Gasteiger charge is -2.38. The normalized spacial score (nSPS) is 14.9. The zero-order valence-electron chi connectivity index (χ0n) is 18.7. The molecule has 0 aliphatic carbocycles. The molecule has 1 fully saturated rings. The summed E-state index contributed by atoms with van der Waals surface area (Å²) in [6.45, 7) is 1.88. The van der Waals surface area contributed by atoms with Crippen LogP contribution in [0.5, 0.6) is 0 Å². The Bertz CT molecular complexity index is 1160. The van der Waals surface area contributed by atoms with Crippen molar-refractivity contribution in [2.75, 3.05) is 18.4 Å². The van der Waals surface area contributed by atoms with Crippen molar-refractivity contribution < 1.29 is 4.79 Å². The maximum absolute atomic E-state index is 12.6. The van der Waals surface area contributed by atoms with Crippen LogP contribution in [0.15, 0.2) is 103 Å². The van der Waals surface area contributed by atoms with Gasteiger partial charge in [0.05, 0.1) is 6.04 Å². The van der Waals surface area contributed by atoms with Crippen LogP contribution in [0, 0.1) is 0 Å². The van der Waals surface area contributed by atoms with Gasteiger partial charge < -0.3 is 10.6 Å². The van der Waals surface area contributed by atoms with E-state index in [4.69, 9.17) is 0 Å². The molecule has 0 spiro atoms. The number of hydrogen-bond acceptors (Lipinski definition) is 2. The van der Waals surface area contributed by atoms with Crippen molar-refractivity contribution in [2.24, 2.45) is 0 Å². The van der Waals surface area contributed by atoms with E-state index < -0.39 is 0 Å². The molecule has 4 aromatic carbocycles. The summed E-state index contributed by atoms with van der Waals surface area (Å²) in [6, 6.07) is 35.8. The average Bonchev–Trinajstić information content (AvgIpc) is 2.86. The number of hydrogen-bond donors (Lipinski definition) is 2. The number of likely N-dealkylation sites (tertiary alicyclic amines) is 1. The first-order chi connectivity index (χ1) is 16.3. The van der Waals surface area contributed by atoms with Gasteiger partial charge in [0.1, 0.15) is 0 Å². The molecule has 1 heterocycles. The molecular formula is C29H29N3O. The van der Waals surface area contributed by atoms with Crippen LogP contribution in [0.4, 0.5) is 10.5 Å². The number of fused-ring (bicyclic) bond motifs is 1. The summed E-state index contributed by atoms with van der Waals surface area (Å²) in [7, 11) is 0. The summed E-state index contributed by atoms with van der Waals surface area (Å²) < 4.78 is 0. The number of piperidine rings is 1. The molecule has 5 rings (SSSR count). The van der Waals surface area contributed by atoms with Gasteiger partial charge in [0, 0.05) is 24.8 Å². The van der Waals surface area contributed by atoms with Crippen LogP contribution < -0.4 is 10.6 Å². The van der Waals surface area contributed by atoms with Gasteiger partial charge >= 0.3 is 6.03 Å². The van der Waals surface area contributed by atoms with E-state index in [2.05, 4.69) is 88.3 Å². The van der Waals surface area contributed by atoms with Crippen molar-refractivity contribution in [3.8, 4) is 0 Å². The van der Waals surface area contributed by atoms with Gasteiger partial charge in [-0.3, -0.25) is 4.90 Å². The van der Waals surface area contributed by atoms with Gasteiger partial charge in [-0.15, -0.1) is 0 Å². The van der Waals surface area contributed by atoms with Crippen LogP contribution >= 0.6 is 0 Å². The molecule has 0 unspecified atom stereocenters. The minimum atomic E-state index is -0.133. The zero-order chi connectivity index (χ0) is 22.5. The number of anilines is 1. The van der Waals surface area contributed by atoms with Crippen LogP contribution in [0.3, 0.4) is 0 Å². The van der Waals surface area contributed by atoms with E-state index >= 15 is 0 Å². The molecule has 0 saturated carbocycles. The van der Waals surface area contributed by atoms with Crippen LogP contribution in [0.2, 0.25) is 0 Å². The number of urea groups is 1. The first-order valence-corrected chi connectivity index (χ1v) is 11.7. The lowest BCUT2D eigenvalue weighted by atomic mass is 9.94. The Kier molecular flexibility index (Phi) is 6.36. The number of nitrogens with zero attached hydrogens (tertiary/aromatic N) is 1. The third-order valence-corrected chi connectivity index (χ3v) is 6.47. The van der Waals surface area contributed by atoms with Crippen molar-refractivity contribution in [1.82, 2.24) is 10.2 Å². The summed E-state index contributed by atoms with van der Waals surface area (Å²) in [5.74, 6) is 0. The predicted octanol–water partition coefficient (Wildman–Crippen LogP) is 6.22. The van der Waals surface area contributed by atoms with Gasteiger partial charge in [0.2, 0.25) is 0 Å². The van der Waals surface area contributed by atoms with Gasteiger partial charge in [-0.05, 0) is 46.9 Å². The summed E-state index contributed by atoms with van der Waals surface area (Å²) >= 11 is 0. The maximum atomic E-state index is 12.6. The first kappa shape index (κ1) is 21.2. The number of benzene rings is 4. The Morgan fingerprint density at radius 3 is 1.94 bits per heavy atom. The van der Waals surface area contributed by atoms with Crippen molar-refractivity contribution in [1.29, 1.82) is 0 Å². The first-order valence-electron chi connectivity index (χ1n) is 11.7. The number of carbonyl (C=O) groups is 1. The second kappa shape index (κ2) is 9.88. The minimum absolute atomic E-state index is 0.133. The van der Waals surface area contributed by atoms with Gasteiger partial charge in [-0.25, -0.2) is 4.79 Å². The number of carbonyl (C=O) groups excluding carboxylic acids is 1. The highest BCUT2D eigenvalue weighted by Crippen LogP contribution is 2.31. The van der Waals surface area contributed by atoms with Crippen molar-refractivity contribution in [3.63, 3.8) is 0 Å². The Labute approximate surface area is 195 Å². The lowest BCUT2D eigenvalue weighted by molar-refractivity contribution is 0.164. The summed E-state index contributed by atoms with van der Waals surface area (Å²) in [5.41, 5.74) is 3.44. The van der Waals surface area contributed by atoms with E-state index in [1.807, 2.05) is 30.3 Å². The number of amides is 2. The summed E-state index contributed by atoms with van der Waals surface area (Å²) in [5, 5.41) is 8.47. The van der Waals surface area contributed by atoms with Gasteiger partial charge in [0.25, 0.3) is 0 Å². The third kappa shape index (κ3) is 5.07. The molecule has 1 saturated heterocycles. The highest BCUT2D eigenvalue weighted by Gasteiger charge is 2.27. The number of nitrogens with one attached hydrogen (secondary N) is 2. The fourth-order valence-electron chi connectivity index (χ4n) is 4.81. The lowest BCUT2D eigenvalue weighted by Crippen LogP contribution is -2.47. The minimum Gasteiger partial charge on any atom is -0.335 e. The van der Waals surface area contributed by atoms with Crippen molar-refractivity contribution in [2.45, 2.75) is 24.9 Å². The van der Waals surface area contributed by atoms with Crippen LogP contribution in [-0.2, 0) is 0 Å². The van der Waals surface area contributed by atoms with Gasteiger partial charge in [-0.2, -0.15) is 0 Å². The topological polar surface area (TPSA) is 44.4 Å². The van der Waals surface area contributed by atoms with E-state index in [0.717, 1.165) is 37.0 Å². The Balaban J connectivity index is 1.21. The SMILES string of the molecule is O=C(Nc1ccc2ccccc2c1)NC1CCN(C(c2ccccc2)c2ccccc2)CC1. The Morgan fingerprint density at radius 1 is 0.727 bits per heavy atom. The standard InChI is InChI=1S/C29H29N3O/c33-29(31-27-16-15-22-9-7-8-14-25(22)21-27)30-26-17-19-32(20-18-26)28(23-10-3-1-4-11-23)24-12-5-2-6-13-24/h1-16,21,26,28H,17-20H2,(H2,30,31,33). The average molecular weight is 436 g/mol. The molecule has 4 aromatic rings. The van der Waals surface area contributed by atoms with Crippen LogP contribution in [0.1, 0.15) is 30.0 Å². The largest absolute Gasteiger partial charge is 0.335 e. The van der Waals surface area contributed by atoms with Crippen LogP contribution in [0.25, 0.3) is 10.8 Å². The number of rotatable bonds is 5. The molecule has 1 aliphatic rings. The summed E-state index contributed by atoms with van der Waals surface area (Å²) in [6.07, 6.45) is 1.86. The Hall–Kier alpha value is -3.63. The maximum Gasteiger partial charge on any atom is 0.319 e. The molecule has 0 atom stereocenters. The van der Waals surface area contributed by atoms with Crippen molar-refractivity contribution in [3.05, 3.63) is 114 Å². The van der Waals surface area contributed by atoms with Crippen LogP contribution in [-0.4, -0.2) is 30.1 Å². The highest BCUT2D eigenvalue weighted by molar-refractivity contribution is 5.93. The van der Waals surface area contributed by atoms with E-state index in [1.54, 1.807) is 0 Å². The molecule has 2 amide bonds. The quantitative estimate of drug-likeness (QED) is 0.391. The fraction of sp³-hybridized carbons (Fsp3) is 0.207. The second-order valence-electron chi connectivity index (χ2n) is 8.69. The molecule has 1 aliphatic heterocycles. The molecule has 2 N–H and O–H groups in total. The molecule has 0 bridgehead atoms. The molecule has 4 heteroatoms. The fourth-order valence-corrected chi connectivity index (χ4v) is 4.81. The highest BCUT2D eigenvalue weighted by atomic mass is 16.2. The zero-order valence-corrected chi connectivity index (χ0v) is 18.7.